The first-order chi connectivity index (χ1) is 13.3. The van der Waals surface area contributed by atoms with E-state index in [1.165, 1.54) is 6.07 Å². The van der Waals surface area contributed by atoms with Gasteiger partial charge in [-0.05, 0) is 44.0 Å². The Kier molecular flexibility index (Phi) is 4.89. The molecule has 0 saturated carbocycles. The smallest absolute Gasteiger partial charge is 0.286 e. The summed E-state index contributed by atoms with van der Waals surface area (Å²) in [5.74, 6) is 0.0930. The molecule has 0 bridgehead atoms. The van der Waals surface area contributed by atoms with Gasteiger partial charge in [0.25, 0.3) is 15.9 Å². The maximum absolute atomic E-state index is 12.7. The largest absolute Gasteiger partial charge is 0.328 e. The van der Waals surface area contributed by atoms with Gasteiger partial charge < -0.3 is 10.2 Å². The van der Waals surface area contributed by atoms with Crippen molar-refractivity contribution >= 4 is 44.7 Å². The zero-order valence-corrected chi connectivity index (χ0v) is 17.0. The number of amidine groups is 1. The second kappa shape index (κ2) is 7.22. The monoisotopic (exact) mass is 417 g/mol. The van der Waals surface area contributed by atoms with Crippen LogP contribution in [0.1, 0.15) is 41.6 Å². The number of hydrogen-bond acceptors (Lipinski definition) is 4. The number of benzene rings is 2. The lowest BCUT2D eigenvalue weighted by Crippen LogP contribution is -2.35. The lowest BCUT2D eigenvalue weighted by Gasteiger charge is -2.30. The van der Waals surface area contributed by atoms with Crippen LogP contribution < -0.4 is 10.2 Å². The molecule has 6 nitrogen and oxygen atoms in total. The Morgan fingerprint density at radius 1 is 1.14 bits per heavy atom. The van der Waals surface area contributed by atoms with Crippen molar-refractivity contribution in [3.63, 3.8) is 0 Å². The molecule has 0 aliphatic carbocycles. The van der Waals surface area contributed by atoms with E-state index in [4.69, 9.17) is 11.6 Å². The van der Waals surface area contributed by atoms with Crippen LogP contribution >= 0.6 is 11.6 Å². The van der Waals surface area contributed by atoms with Crippen molar-refractivity contribution in [2.45, 2.75) is 37.5 Å². The first-order valence-electron chi connectivity index (χ1n) is 9.18. The normalized spacial score (nSPS) is 17.8. The summed E-state index contributed by atoms with van der Waals surface area (Å²) in [5, 5.41) is 2.97. The molecule has 1 fully saturated rings. The standard InChI is InChI=1S/C20H20ClN3O3S/c1-13-6-8-14(9-7-13)22-20(25)15-11-18-17(12-16(15)21)24-10-4-2-3-5-19(24)23-28(18,26)27/h6-9,11-12H,2-5,10H2,1H3,(H,22,25). The van der Waals surface area contributed by atoms with E-state index in [9.17, 15) is 13.2 Å². The average molecular weight is 418 g/mol. The van der Waals surface area contributed by atoms with Crippen molar-refractivity contribution in [2.24, 2.45) is 4.40 Å². The van der Waals surface area contributed by atoms with Gasteiger partial charge in [0, 0.05) is 18.7 Å². The van der Waals surface area contributed by atoms with Crippen molar-refractivity contribution < 1.29 is 13.2 Å². The van der Waals surface area contributed by atoms with Gasteiger partial charge in [-0.2, -0.15) is 8.42 Å². The van der Waals surface area contributed by atoms with Gasteiger partial charge >= 0.3 is 0 Å². The minimum atomic E-state index is -3.87. The molecule has 8 heteroatoms. The van der Waals surface area contributed by atoms with Gasteiger partial charge in [0.2, 0.25) is 0 Å². The number of fused-ring (bicyclic) bond motifs is 3. The van der Waals surface area contributed by atoms with Crippen LogP contribution in [0, 0.1) is 6.92 Å². The maximum atomic E-state index is 12.7. The lowest BCUT2D eigenvalue weighted by atomic mass is 10.1. The number of amides is 1. The van der Waals surface area contributed by atoms with Crippen LogP contribution in [0.15, 0.2) is 45.7 Å². The van der Waals surface area contributed by atoms with E-state index in [0.717, 1.165) is 24.8 Å². The van der Waals surface area contributed by atoms with E-state index in [-0.39, 0.29) is 15.5 Å². The Bertz CT molecular complexity index is 1080. The van der Waals surface area contributed by atoms with Crippen LogP contribution in [0.4, 0.5) is 11.4 Å². The van der Waals surface area contributed by atoms with Gasteiger partial charge in [0.05, 0.1) is 16.3 Å². The number of carbonyl (C=O) groups is 1. The zero-order valence-electron chi connectivity index (χ0n) is 15.4. The summed E-state index contributed by atoms with van der Waals surface area (Å²) in [6.07, 6.45) is 3.50. The molecule has 0 atom stereocenters. The predicted molar refractivity (Wildman–Crippen MR) is 111 cm³/mol. The number of carbonyl (C=O) groups excluding carboxylic acids is 1. The van der Waals surface area contributed by atoms with Gasteiger partial charge in [-0.1, -0.05) is 35.7 Å². The van der Waals surface area contributed by atoms with E-state index in [1.807, 2.05) is 24.0 Å². The van der Waals surface area contributed by atoms with Crippen molar-refractivity contribution in [3.8, 4) is 0 Å². The molecule has 0 radical (unpaired) electrons. The predicted octanol–water partition coefficient (Wildman–Crippen LogP) is 4.38. The molecule has 1 amide bonds. The molecular weight excluding hydrogens is 398 g/mol. The van der Waals surface area contributed by atoms with Crippen molar-refractivity contribution in [1.29, 1.82) is 0 Å². The minimum Gasteiger partial charge on any atom is -0.328 e. The van der Waals surface area contributed by atoms with Gasteiger partial charge in [-0.15, -0.1) is 4.40 Å². The fraction of sp³-hybridized carbons (Fsp3) is 0.300. The highest BCUT2D eigenvalue weighted by Crippen LogP contribution is 2.38. The Morgan fingerprint density at radius 3 is 2.64 bits per heavy atom. The third kappa shape index (κ3) is 3.52. The second-order valence-electron chi connectivity index (χ2n) is 7.06. The van der Waals surface area contributed by atoms with Gasteiger partial charge in [0.15, 0.2) is 0 Å². The molecule has 4 rings (SSSR count). The number of rotatable bonds is 2. The number of sulfonamides is 1. The molecule has 2 aromatic carbocycles. The Hall–Kier alpha value is -2.38. The number of halogens is 1. The molecule has 2 heterocycles. The Morgan fingerprint density at radius 2 is 1.89 bits per heavy atom. The summed E-state index contributed by atoms with van der Waals surface area (Å²) in [7, 11) is -3.87. The third-order valence-corrected chi connectivity index (χ3v) is 6.64. The SMILES string of the molecule is Cc1ccc(NC(=O)c2cc3c(cc2Cl)N2CCCCCC2=NS3(=O)=O)cc1. The lowest BCUT2D eigenvalue weighted by molar-refractivity contribution is 0.102. The molecule has 1 N–H and O–H groups in total. The fourth-order valence-electron chi connectivity index (χ4n) is 3.51. The number of nitrogens with zero attached hydrogens (tertiary/aromatic N) is 2. The van der Waals surface area contributed by atoms with Crippen molar-refractivity contribution in [3.05, 3.63) is 52.5 Å². The van der Waals surface area contributed by atoms with Crippen LogP contribution in [-0.4, -0.2) is 26.7 Å². The van der Waals surface area contributed by atoms with Crippen LogP contribution in [0.3, 0.4) is 0 Å². The fourth-order valence-corrected chi connectivity index (χ4v) is 5.02. The van der Waals surface area contributed by atoms with Gasteiger partial charge in [0.1, 0.15) is 10.7 Å². The summed E-state index contributed by atoms with van der Waals surface area (Å²) < 4.78 is 29.5. The molecule has 0 spiro atoms. The Labute approximate surface area is 169 Å². The van der Waals surface area contributed by atoms with Gasteiger partial charge in [-0.3, -0.25) is 4.79 Å². The molecule has 28 heavy (non-hydrogen) atoms. The second-order valence-corrected chi connectivity index (χ2v) is 9.04. The first-order valence-corrected chi connectivity index (χ1v) is 11.0. The van der Waals surface area contributed by atoms with Crippen LogP contribution in [0.2, 0.25) is 5.02 Å². The van der Waals surface area contributed by atoms with Crippen molar-refractivity contribution in [1.82, 2.24) is 0 Å². The summed E-state index contributed by atoms with van der Waals surface area (Å²) in [6, 6.07) is 10.2. The third-order valence-electron chi connectivity index (χ3n) is 4.99. The Balaban J connectivity index is 1.73. The van der Waals surface area contributed by atoms with E-state index in [2.05, 4.69) is 9.71 Å². The van der Waals surface area contributed by atoms with Gasteiger partial charge in [-0.25, -0.2) is 0 Å². The number of hydrogen-bond donors (Lipinski definition) is 1. The molecule has 2 aliphatic heterocycles. The summed E-state index contributed by atoms with van der Waals surface area (Å²) in [5.41, 5.74) is 2.30. The van der Waals surface area contributed by atoms with Crippen LogP contribution in [-0.2, 0) is 10.0 Å². The average Bonchev–Trinajstić information content (AvgIpc) is 2.88. The molecule has 1 saturated heterocycles. The summed E-state index contributed by atoms with van der Waals surface area (Å²) in [4.78, 5) is 14.7. The quantitative estimate of drug-likeness (QED) is 0.786. The molecule has 0 unspecified atom stereocenters. The molecule has 0 aromatic heterocycles. The van der Waals surface area contributed by atoms with E-state index >= 15 is 0 Å². The summed E-state index contributed by atoms with van der Waals surface area (Å²) in [6.45, 7) is 2.64. The maximum Gasteiger partial charge on any atom is 0.286 e. The van der Waals surface area contributed by atoms with E-state index in [0.29, 0.717) is 30.2 Å². The van der Waals surface area contributed by atoms with Crippen LogP contribution in [0.25, 0.3) is 0 Å². The topological polar surface area (TPSA) is 78.8 Å². The van der Waals surface area contributed by atoms with E-state index < -0.39 is 15.9 Å². The molecule has 2 aromatic rings. The minimum absolute atomic E-state index is 0.0246. The molecule has 2 aliphatic rings. The highest BCUT2D eigenvalue weighted by molar-refractivity contribution is 7.90. The van der Waals surface area contributed by atoms with Crippen molar-refractivity contribution in [2.75, 3.05) is 16.8 Å². The van der Waals surface area contributed by atoms with E-state index in [1.54, 1.807) is 18.2 Å². The summed E-state index contributed by atoms with van der Waals surface area (Å²) >= 11 is 6.39. The first kappa shape index (κ1) is 19.0. The number of aryl methyl sites for hydroxylation is 1. The number of anilines is 2. The van der Waals surface area contributed by atoms with Crippen LogP contribution in [0.5, 0.6) is 0 Å². The molecule has 146 valence electrons. The number of nitrogens with one attached hydrogen (secondary N) is 1. The highest BCUT2D eigenvalue weighted by atomic mass is 35.5. The molecular formula is C20H20ClN3O3S. The zero-order chi connectivity index (χ0) is 19.9. The highest BCUT2D eigenvalue weighted by Gasteiger charge is 2.33.